The van der Waals surface area contributed by atoms with Gasteiger partial charge >= 0.3 is 0 Å². The maximum Gasteiger partial charge on any atom is 0.246 e. The topological polar surface area (TPSA) is 54.9 Å². The number of carbonyl (C=O) groups excluding carboxylic acids is 1. The number of thiazole rings is 1. The van der Waals surface area contributed by atoms with Crippen molar-refractivity contribution in [2.45, 2.75) is 58.5 Å². The third-order valence-corrected chi connectivity index (χ3v) is 6.81. The van der Waals surface area contributed by atoms with Crippen LogP contribution in [0.4, 0.5) is 0 Å². The first-order valence-corrected chi connectivity index (χ1v) is 12.3. The van der Waals surface area contributed by atoms with E-state index >= 15 is 0 Å². The predicted octanol–water partition coefficient (Wildman–Crippen LogP) is 4.14. The third kappa shape index (κ3) is 5.97. The maximum absolute atomic E-state index is 13.0. The number of aromatic nitrogens is 1. The van der Waals surface area contributed by atoms with Crippen LogP contribution in [0.1, 0.15) is 43.0 Å². The molecule has 172 valence electrons. The van der Waals surface area contributed by atoms with Gasteiger partial charge in [0.15, 0.2) is 0 Å². The molecule has 6 nitrogen and oxygen atoms in total. The Balaban J connectivity index is 1.37. The molecule has 0 aliphatic carbocycles. The van der Waals surface area contributed by atoms with E-state index in [1.54, 1.807) is 17.4 Å². The van der Waals surface area contributed by atoms with Gasteiger partial charge in [-0.05, 0) is 45.8 Å². The average Bonchev–Trinajstić information content (AvgIpc) is 3.39. The van der Waals surface area contributed by atoms with Gasteiger partial charge in [-0.15, -0.1) is 11.3 Å². The lowest BCUT2D eigenvalue weighted by Crippen LogP contribution is -2.50. The number of morpholine rings is 1. The zero-order chi connectivity index (χ0) is 22.5. The number of nitrogens with zero attached hydrogens (tertiary/aromatic N) is 3. The second-order valence-electron chi connectivity index (χ2n) is 8.82. The molecule has 1 aromatic carbocycles. The predicted molar refractivity (Wildman–Crippen MR) is 128 cm³/mol. The Kier molecular flexibility index (Phi) is 7.60. The molecule has 1 aromatic heterocycles. The van der Waals surface area contributed by atoms with E-state index in [9.17, 15) is 4.79 Å². The van der Waals surface area contributed by atoms with Crippen molar-refractivity contribution in [1.29, 1.82) is 0 Å². The van der Waals surface area contributed by atoms with Crippen molar-refractivity contribution in [1.82, 2.24) is 14.8 Å². The number of amides is 1. The maximum atomic E-state index is 13.0. The van der Waals surface area contributed by atoms with E-state index in [2.05, 4.69) is 23.7 Å². The van der Waals surface area contributed by atoms with E-state index in [0.29, 0.717) is 6.61 Å². The van der Waals surface area contributed by atoms with Crippen LogP contribution in [0, 0.1) is 6.92 Å². The minimum Gasteiger partial charge on any atom is -0.487 e. The summed E-state index contributed by atoms with van der Waals surface area (Å²) in [7, 11) is 0. The largest absolute Gasteiger partial charge is 0.487 e. The number of ether oxygens (including phenoxy) is 2. The van der Waals surface area contributed by atoms with Gasteiger partial charge in [-0.25, -0.2) is 4.98 Å². The van der Waals surface area contributed by atoms with Crippen molar-refractivity contribution in [3.05, 3.63) is 52.0 Å². The molecule has 0 bridgehead atoms. The molecule has 0 spiro atoms. The number of benzene rings is 1. The summed E-state index contributed by atoms with van der Waals surface area (Å²) in [4.78, 5) is 22.0. The Labute approximate surface area is 194 Å². The van der Waals surface area contributed by atoms with Gasteiger partial charge in [0.05, 0.1) is 22.9 Å². The second kappa shape index (κ2) is 10.6. The Hall–Kier alpha value is -2.22. The summed E-state index contributed by atoms with van der Waals surface area (Å²) in [5.41, 5.74) is 1.83. The fourth-order valence-electron chi connectivity index (χ4n) is 4.68. The van der Waals surface area contributed by atoms with Crippen molar-refractivity contribution in [2.75, 3.05) is 26.2 Å². The summed E-state index contributed by atoms with van der Waals surface area (Å²) in [5, 5.41) is 3.05. The molecule has 4 rings (SSSR count). The highest BCUT2D eigenvalue weighted by atomic mass is 32.1. The Morgan fingerprint density at radius 2 is 2.06 bits per heavy atom. The van der Waals surface area contributed by atoms with Gasteiger partial charge in [0.2, 0.25) is 5.91 Å². The molecule has 2 aromatic rings. The van der Waals surface area contributed by atoms with Crippen LogP contribution in [0.2, 0.25) is 0 Å². The first-order chi connectivity index (χ1) is 15.5. The summed E-state index contributed by atoms with van der Waals surface area (Å²) >= 11 is 1.62. The van der Waals surface area contributed by atoms with E-state index in [4.69, 9.17) is 9.47 Å². The molecule has 32 heavy (non-hydrogen) atoms. The lowest BCUT2D eigenvalue weighted by molar-refractivity contribution is -0.127. The molecule has 2 fully saturated rings. The number of aryl methyl sites for hydroxylation is 1. The van der Waals surface area contributed by atoms with Crippen LogP contribution in [0.25, 0.3) is 6.08 Å². The Morgan fingerprint density at radius 3 is 2.81 bits per heavy atom. The quantitative estimate of drug-likeness (QED) is 0.587. The zero-order valence-corrected chi connectivity index (χ0v) is 20.0. The van der Waals surface area contributed by atoms with Crippen molar-refractivity contribution in [3.8, 4) is 5.75 Å². The van der Waals surface area contributed by atoms with Crippen LogP contribution < -0.4 is 4.74 Å². The average molecular weight is 456 g/mol. The number of hydrogen-bond acceptors (Lipinski definition) is 6. The molecule has 7 heteroatoms. The van der Waals surface area contributed by atoms with Gasteiger partial charge in [-0.1, -0.05) is 18.2 Å². The highest BCUT2D eigenvalue weighted by Crippen LogP contribution is 2.24. The van der Waals surface area contributed by atoms with E-state index in [1.807, 2.05) is 47.5 Å². The van der Waals surface area contributed by atoms with Crippen molar-refractivity contribution >= 4 is 23.3 Å². The monoisotopic (exact) mass is 455 g/mol. The smallest absolute Gasteiger partial charge is 0.246 e. The highest BCUT2D eigenvalue weighted by Gasteiger charge is 2.31. The molecule has 3 unspecified atom stereocenters. The summed E-state index contributed by atoms with van der Waals surface area (Å²) in [5.74, 6) is 0.836. The van der Waals surface area contributed by atoms with Crippen LogP contribution in [0.3, 0.4) is 0 Å². The van der Waals surface area contributed by atoms with Gasteiger partial charge in [0.25, 0.3) is 0 Å². The van der Waals surface area contributed by atoms with Gasteiger partial charge in [0.1, 0.15) is 12.4 Å². The molecular formula is C25H33N3O3S. The fraction of sp³-hybridized carbons (Fsp3) is 0.520. The van der Waals surface area contributed by atoms with E-state index in [0.717, 1.165) is 61.0 Å². The number of carbonyl (C=O) groups is 1. The van der Waals surface area contributed by atoms with Gasteiger partial charge in [-0.3, -0.25) is 9.69 Å². The number of hydrogen-bond donors (Lipinski definition) is 0. The first-order valence-electron chi connectivity index (χ1n) is 11.5. The van der Waals surface area contributed by atoms with Crippen molar-refractivity contribution in [3.63, 3.8) is 0 Å². The van der Waals surface area contributed by atoms with Gasteiger partial charge < -0.3 is 14.4 Å². The molecule has 0 radical (unpaired) electrons. The SMILES string of the molecule is Cc1nc(COc2ccccc2/C=C/C(=O)N2CCCC2CN2CC(C)OC(C)C2)cs1. The minimum absolute atomic E-state index is 0.0757. The van der Waals surface area contributed by atoms with E-state index < -0.39 is 0 Å². The highest BCUT2D eigenvalue weighted by molar-refractivity contribution is 7.09. The van der Waals surface area contributed by atoms with E-state index in [1.165, 1.54) is 0 Å². The fourth-order valence-corrected chi connectivity index (χ4v) is 5.28. The van der Waals surface area contributed by atoms with Gasteiger partial charge in [-0.2, -0.15) is 0 Å². The molecule has 2 saturated heterocycles. The van der Waals surface area contributed by atoms with Crippen LogP contribution in [-0.4, -0.2) is 65.1 Å². The van der Waals surface area contributed by atoms with Crippen LogP contribution >= 0.6 is 11.3 Å². The Morgan fingerprint density at radius 1 is 1.28 bits per heavy atom. The molecule has 3 atom stereocenters. The summed E-state index contributed by atoms with van der Waals surface area (Å²) in [6.45, 7) is 10.3. The molecule has 0 saturated carbocycles. The number of para-hydroxylation sites is 1. The van der Waals surface area contributed by atoms with Crippen LogP contribution in [0.15, 0.2) is 35.7 Å². The zero-order valence-electron chi connectivity index (χ0n) is 19.2. The molecule has 1 amide bonds. The normalized spacial score (nSPS) is 24.3. The molecule has 3 heterocycles. The van der Waals surface area contributed by atoms with Gasteiger partial charge in [0, 0.05) is 49.2 Å². The summed E-state index contributed by atoms with van der Waals surface area (Å²) in [6, 6.07) is 8.08. The first kappa shape index (κ1) is 23.0. The number of likely N-dealkylation sites (tertiary alicyclic amines) is 1. The molecule has 2 aliphatic heterocycles. The summed E-state index contributed by atoms with van der Waals surface area (Å²) in [6.07, 6.45) is 6.18. The standard InChI is InChI=1S/C25H33N3O3S/c1-18-13-27(14-19(2)31-18)15-23-8-6-12-28(23)25(29)11-10-21-7-4-5-9-24(21)30-16-22-17-32-20(3)26-22/h4-5,7,9-11,17-19,23H,6,8,12-16H2,1-3H3/b11-10+. The lowest BCUT2D eigenvalue weighted by Gasteiger charge is -2.38. The third-order valence-electron chi connectivity index (χ3n) is 5.99. The van der Waals surface area contributed by atoms with Crippen molar-refractivity contribution in [2.24, 2.45) is 0 Å². The van der Waals surface area contributed by atoms with Crippen LogP contribution in [-0.2, 0) is 16.1 Å². The minimum atomic E-state index is 0.0757. The molecule has 0 N–H and O–H groups in total. The van der Waals surface area contributed by atoms with Crippen LogP contribution in [0.5, 0.6) is 5.75 Å². The second-order valence-corrected chi connectivity index (χ2v) is 9.88. The molecule has 2 aliphatic rings. The number of rotatable bonds is 7. The molecular weight excluding hydrogens is 422 g/mol. The van der Waals surface area contributed by atoms with Crippen molar-refractivity contribution < 1.29 is 14.3 Å². The lowest BCUT2D eigenvalue weighted by atomic mass is 10.1. The summed E-state index contributed by atoms with van der Waals surface area (Å²) < 4.78 is 11.8. The van der Waals surface area contributed by atoms with E-state index in [-0.39, 0.29) is 24.2 Å². The Bertz CT molecular complexity index is 934.